The van der Waals surface area contributed by atoms with Crippen molar-refractivity contribution in [3.63, 3.8) is 0 Å². The second-order valence-electron chi connectivity index (χ2n) is 1.85. The van der Waals surface area contributed by atoms with Crippen LogP contribution in [0.15, 0.2) is 0 Å². The Balaban J connectivity index is -0.000000167. The molecule has 8 nitrogen and oxygen atoms in total. The molecule has 9 heteroatoms. The van der Waals surface area contributed by atoms with Gasteiger partial charge < -0.3 is 33.0 Å². The predicted molar refractivity (Wildman–Crippen MR) is 52.8 cm³/mol. The van der Waals surface area contributed by atoms with Gasteiger partial charge in [0.1, 0.15) is 6.04 Å². The third kappa shape index (κ3) is 13.7. The lowest BCUT2D eigenvalue weighted by Crippen LogP contribution is -2.32. The van der Waals surface area contributed by atoms with Gasteiger partial charge in [-0.1, -0.05) is 0 Å². The Kier molecular flexibility index (Phi) is 20.1. The van der Waals surface area contributed by atoms with Crippen LogP contribution < -0.4 is 11.9 Å². The number of nitrogens with two attached hydrogens (primary N) is 1. The number of carboxylic acids is 2. The van der Waals surface area contributed by atoms with Gasteiger partial charge in [0, 0.05) is 5.75 Å². The van der Waals surface area contributed by atoms with Crippen LogP contribution in [0.2, 0.25) is 0 Å². The van der Waals surface area contributed by atoms with Gasteiger partial charge in [0.15, 0.2) is 0 Å². The summed E-state index contributed by atoms with van der Waals surface area (Å²) in [6, 6.07) is -0.973. The minimum Gasteiger partial charge on any atom is -0.481 e. The smallest absolute Gasteiger partial charge is 0.321 e. The van der Waals surface area contributed by atoms with Gasteiger partial charge in [-0.15, -0.1) is 11.8 Å². The largest absolute Gasteiger partial charge is 0.481 e. The molecule has 0 aliphatic heterocycles. The average molecular weight is 232 g/mol. The topological polar surface area (TPSA) is 199 Å². The SMILES string of the molecule is N.NC(CSCC(=O)O)C(=O)O.O.O. The molecule has 1 unspecified atom stereocenters. The minimum absolute atomic E-state index is 0. The highest BCUT2D eigenvalue weighted by atomic mass is 32.2. The van der Waals surface area contributed by atoms with E-state index >= 15 is 0 Å². The van der Waals surface area contributed by atoms with Gasteiger partial charge in [-0.25, -0.2) is 0 Å². The number of carboxylic acid groups (broad SMARTS) is 2. The van der Waals surface area contributed by atoms with Gasteiger partial charge in [-0.05, 0) is 0 Å². The van der Waals surface area contributed by atoms with Crippen molar-refractivity contribution in [3.8, 4) is 0 Å². The molecule has 0 aromatic rings. The molecule has 0 aromatic heterocycles. The van der Waals surface area contributed by atoms with Gasteiger partial charge in [-0.2, -0.15) is 0 Å². The molecule has 0 bridgehead atoms. The molecule has 0 saturated carbocycles. The molecular formula is C5H16N2O6S. The van der Waals surface area contributed by atoms with E-state index in [2.05, 4.69) is 0 Å². The van der Waals surface area contributed by atoms with Crippen LogP contribution in [-0.4, -0.2) is 50.7 Å². The molecule has 0 rings (SSSR count). The quantitative estimate of drug-likeness (QED) is 0.409. The Morgan fingerprint density at radius 3 is 2.00 bits per heavy atom. The molecule has 0 radical (unpaired) electrons. The molecule has 0 aliphatic carbocycles. The first-order valence-electron chi connectivity index (χ1n) is 2.82. The summed E-state index contributed by atoms with van der Waals surface area (Å²) >= 11 is 0.992. The summed E-state index contributed by atoms with van der Waals surface area (Å²) in [5, 5.41) is 16.4. The number of hydrogen-bond donors (Lipinski definition) is 4. The number of aliphatic carboxylic acids is 2. The zero-order chi connectivity index (χ0) is 8.85. The zero-order valence-corrected chi connectivity index (χ0v) is 8.21. The first-order valence-corrected chi connectivity index (χ1v) is 3.97. The Hall–Kier alpha value is -0.870. The lowest BCUT2D eigenvalue weighted by atomic mass is 10.4. The molecule has 0 saturated heterocycles. The molecule has 0 fully saturated rings. The van der Waals surface area contributed by atoms with E-state index in [9.17, 15) is 9.59 Å². The van der Waals surface area contributed by atoms with E-state index in [1.54, 1.807) is 0 Å². The first kappa shape index (κ1) is 23.2. The van der Waals surface area contributed by atoms with E-state index in [1.165, 1.54) is 0 Å². The van der Waals surface area contributed by atoms with Crippen molar-refractivity contribution in [1.29, 1.82) is 0 Å². The van der Waals surface area contributed by atoms with Crippen LogP contribution in [0.1, 0.15) is 0 Å². The van der Waals surface area contributed by atoms with E-state index in [-0.39, 0.29) is 28.6 Å². The summed E-state index contributed by atoms with van der Waals surface area (Å²) in [7, 11) is 0. The number of hydrogen-bond acceptors (Lipinski definition) is 5. The van der Waals surface area contributed by atoms with Crippen molar-refractivity contribution in [1.82, 2.24) is 6.15 Å². The number of rotatable bonds is 5. The molecule has 0 aromatic carbocycles. The predicted octanol–water partition coefficient (Wildman–Crippen LogP) is -2.27. The molecule has 1 atom stereocenters. The molecule has 88 valence electrons. The van der Waals surface area contributed by atoms with Gasteiger partial charge in [0.25, 0.3) is 0 Å². The molecule has 0 amide bonds. The van der Waals surface area contributed by atoms with Gasteiger partial charge in [0.2, 0.25) is 0 Å². The standard InChI is InChI=1S/C5H9NO4S.H3N.2H2O/c6-3(5(9)10)1-11-2-4(7)8;;;/h3H,1-2,6H2,(H,7,8)(H,9,10);1H3;2*1H2. The lowest BCUT2D eigenvalue weighted by Gasteiger charge is -2.02. The van der Waals surface area contributed by atoms with Crippen LogP contribution in [0.5, 0.6) is 0 Å². The fraction of sp³-hybridized carbons (Fsp3) is 0.600. The third-order valence-electron chi connectivity index (χ3n) is 0.840. The van der Waals surface area contributed by atoms with Crippen LogP contribution in [-0.2, 0) is 9.59 Å². The van der Waals surface area contributed by atoms with E-state index in [0.29, 0.717) is 0 Å². The van der Waals surface area contributed by atoms with Gasteiger partial charge in [-0.3, -0.25) is 9.59 Å². The summed E-state index contributed by atoms with van der Waals surface area (Å²) in [5.41, 5.74) is 5.09. The third-order valence-corrected chi connectivity index (χ3v) is 1.89. The number of carbonyl (C=O) groups is 2. The van der Waals surface area contributed by atoms with Crippen LogP contribution in [0, 0.1) is 0 Å². The lowest BCUT2D eigenvalue weighted by molar-refractivity contribution is -0.138. The van der Waals surface area contributed by atoms with E-state index in [1.807, 2.05) is 0 Å². The molecule has 14 heavy (non-hydrogen) atoms. The second kappa shape index (κ2) is 12.1. The second-order valence-corrected chi connectivity index (χ2v) is 2.88. The van der Waals surface area contributed by atoms with Crippen molar-refractivity contribution in [2.45, 2.75) is 6.04 Å². The molecule has 11 N–H and O–H groups in total. The first-order chi connectivity index (χ1) is 5.04. The highest BCUT2D eigenvalue weighted by Crippen LogP contribution is 2.00. The summed E-state index contributed by atoms with van der Waals surface area (Å²) in [5.74, 6) is -2.06. The maximum absolute atomic E-state index is 10.1. The van der Waals surface area contributed by atoms with Crippen LogP contribution >= 0.6 is 11.8 Å². The fourth-order valence-electron chi connectivity index (χ4n) is 0.344. The van der Waals surface area contributed by atoms with Crippen molar-refractivity contribution in [2.24, 2.45) is 5.73 Å². The Bertz CT molecular complexity index is 166. The molecular weight excluding hydrogens is 216 g/mol. The van der Waals surface area contributed by atoms with Crippen LogP contribution in [0.25, 0.3) is 0 Å². The summed E-state index contributed by atoms with van der Waals surface area (Å²) < 4.78 is 0. The average Bonchev–Trinajstić information content (AvgIpc) is 1.86. The Morgan fingerprint density at radius 2 is 1.71 bits per heavy atom. The summed E-state index contributed by atoms with van der Waals surface area (Å²) in [6.45, 7) is 0. The summed E-state index contributed by atoms with van der Waals surface area (Å²) in [6.07, 6.45) is 0. The van der Waals surface area contributed by atoms with E-state index in [4.69, 9.17) is 15.9 Å². The van der Waals surface area contributed by atoms with Crippen molar-refractivity contribution >= 4 is 23.7 Å². The zero-order valence-electron chi connectivity index (χ0n) is 7.40. The molecule has 0 aliphatic rings. The normalized spacial score (nSPS) is 9.79. The maximum atomic E-state index is 10.1. The van der Waals surface area contributed by atoms with Crippen molar-refractivity contribution < 1.29 is 30.8 Å². The Labute approximate surface area is 84.7 Å². The highest BCUT2D eigenvalue weighted by molar-refractivity contribution is 8.00. The van der Waals surface area contributed by atoms with E-state index in [0.717, 1.165) is 11.8 Å². The monoisotopic (exact) mass is 232 g/mol. The number of thioether (sulfide) groups is 1. The van der Waals surface area contributed by atoms with Crippen LogP contribution in [0.4, 0.5) is 0 Å². The molecule has 0 heterocycles. The fourth-order valence-corrected chi connectivity index (χ4v) is 1.03. The highest BCUT2D eigenvalue weighted by Gasteiger charge is 2.11. The van der Waals surface area contributed by atoms with E-state index < -0.39 is 18.0 Å². The van der Waals surface area contributed by atoms with Crippen LogP contribution in [0.3, 0.4) is 0 Å². The minimum atomic E-state index is -1.11. The summed E-state index contributed by atoms with van der Waals surface area (Å²) in [4.78, 5) is 20.0. The van der Waals surface area contributed by atoms with Crippen molar-refractivity contribution in [3.05, 3.63) is 0 Å². The van der Waals surface area contributed by atoms with Gasteiger partial charge >= 0.3 is 11.9 Å². The maximum Gasteiger partial charge on any atom is 0.321 e. The Morgan fingerprint density at radius 1 is 1.29 bits per heavy atom. The van der Waals surface area contributed by atoms with Crippen molar-refractivity contribution in [2.75, 3.05) is 11.5 Å². The van der Waals surface area contributed by atoms with Gasteiger partial charge in [0.05, 0.1) is 5.75 Å². The molecule has 0 spiro atoms.